The van der Waals surface area contributed by atoms with Gasteiger partial charge in [0.05, 0.1) is 11.1 Å². The van der Waals surface area contributed by atoms with Gasteiger partial charge in [0, 0.05) is 6.42 Å². The van der Waals surface area contributed by atoms with Crippen molar-refractivity contribution >= 4 is 11.9 Å². The summed E-state index contributed by atoms with van der Waals surface area (Å²) in [7, 11) is 0. The van der Waals surface area contributed by atoms with Gasteiger partial charge in [-0.2, -0.15) is 0 Å². The Morgan fingerprint density at radius 2 is 1.23 bits per heavy atom. The van der Waals surface area contributed by atoms with Crippen molar-refractivity contribution in [1.82, 2.24) is 0 Å². The molecule has 0 aliphatic carbocycles. The first-order valence-corrected chi connectivity index (χ1v) is 10.9. The highest BCUT2D eigenvalue weighted by Gasteiger charge is 2.19. The van der Waals surface area contributed by atoms with Crippen LogP contribution in [0.1, 0.15) is 83.7 Å². The molecular formula is C25H32O6. The summed E-state index contributed by atoms with van der Waals surface area (Å²) in [6.07, 6.45) is 5.86. The number of hydrogen-bond donors (Lipinski definition) is 0. The van der Waals surface area contributed by atoms with E-state index in [4.69, 9.17) is 19.6 Å². The Morgan fingerprint density at radius 1 is 0.742 bits per heavy atom. The van der Waals surface area contributed by atoms with Crippen LogP contribution >= 0.6 is 0 Å². The summed E-state index contributed by atoms with van der Waals surface area (Å²) in [6, 6.07) is 14.0. The van der Waals surface area contributed by atoms with E-state index in [0.29, 0.717) is 17.5 Å². The summed E-state index contributed by atoms with van der Waals surface area (Å²) in [5.41, 5.74) is 2.60. The molecule has 0 unspecified atom stereocenters. The van der Waals surface area contributed by atoms with Crippen molar-refractivity contribution in [1.29, 1.82) is 0 Å². The Morgan fingerprint density at radius 3 is 1.71 bits per heavy atom. The maximum absolute atomic E-state index is 12.2. The van der Waals surface area contributed by atoms with Crippen LogP contribution < -0.4 is 0 Å². The van der Waals surface area contributed by atoms with E-state index in [2.05, 4.69) is 6.92 Å². The second-order valence-corrected chi connectivity index (χ2v) is 7.66. The first-order chi connectivity index (χ1) is 15.0. The summed E-state index contributed by atoms with van der Waals surface area (Å²) in [5.74, 6) is -1.27. The number of carbonyl (C=O) groups excluding carboxylic acids is 2. The molecule has 0 aliphatic heterocycles. The van der Waals surface area contributed by atoms with Gasteiger partial charge < -0.3 is 0 Å². The molecule has 2 rings (SSSR count). The lowest BCUT2D eigenvalue weighted by atomic mass is 10.1. The van der Waals surface area contributed by atoms with Gasteiger partial charge in [-0.05, 0) is 44.5 Å². The Balaban J connectivity index is 1.88. The van der Waals surface area contributed by atoms with Gasteiger partial charge in [-0.15, -0.1) is 9.78 Å². The molecule has 0 bridgehead atoms. The topological polar surface area (TPSA) is 71.1 Å². The Kier molecular flexibility index (Phi) is 10.8. The van der Waals surface area contributed by atoms with Crippen molar-refractivity contribution < 1.29 is 29.1 Å². The van der Waals surface area contributed by atoms with Crippen LogP contribution in [0, 0.1) is 13.8 Å². The van der Waals surface area contributed by atoms with Gasteiger partial charge in [-0.25, -0.2) is 9.59 Å². The Bertz CT molecular complexity index is 771. The monoisotopic (exact) mass is 428 g/mol. The van der Waals surface area contributed by atoms with Crippen molar-refractivity contribution in [2.24, 2.45) is 0 Å². The second kappa shape index (κ2) is 13.6. The second-order valence-electron chi connectivity index (χ2n) is 7.66. The van der Waals surface area contributed by atoms with Crippen LogP contribution in [0.25, 0.3) is 0 Å². The van der Waals surface area contributed by atoms with Crippen LogP contribution in [0.15, 0.2) is 48.5 Å². The summed E-state index contributed by atoms with van der Waals surface area (Å²) in [6.45, 7) is 5.93. The minimum Gasteiger partial charge on any atom is -0.290 e. The molecule has 0 N–H and O–H groups in total. The fraction of sp³-hybridized carbons (Fsp3) is 0.440. The molecule has 0 heterocycles. The van der Waals surface area contributed by atoms with E-state index in [-0.39, 0.29) is 0 Å². The Labute approximate surface area is 184 Å². The summed E-state index contributed by atoms with van der Waals surface area (Å²) in [5, 5.41) is 0. The molecule has 0 aliphatic rings. The van der Waals surface area contributed by atoms with Crippen molar-refractivity contribution in [2.45, 2.75) is 72.0 Å². The third-order valence-corrected chi connectivity index (χ3v) is 4.76. The molecule has 2 aromatic rings. The lowest BCUT2D eigenvalue weighted by Crippen LogP contribution is -2.22. The number of aryl methyl sites for hydroxylation is 2. The summed E-state index contributed by atoms with van der Waals surface area (Å²) in [4.78, 5) is 44.7. The first kappa shape index (κ1) is 24.6. The minimum atomic E-state index is -1.01. The minimum absolute atomic E-state index is 0.370. The smallest absolute Gasteiger partial charge is 0.290 e. The van der Waals surface area contributed by atoms with Crippen LogP contribution in [0.4, 0.5) is 0 Å². The zero-order valence-corrected chi connectivity index (χ0v) is 18.6. The van der Waals surface area contributed by atoms with Crippen LogP contribution in [0.3, 0.4) is 0 Å². The predicted octanol–water partition coefficient (Wildman–Crippen LogP) is 6.26. The van der Waals surface area contributed by atoms with Crippen molar-refractivity contribution in [3.05, 3.63) is 70.8 Å². The molecule has 0 aromatic heterocycles. The largest absolute Gasteiger partial charge is 0.373 e. The van der Waals surface area contributed by atoms with Gasteiger partial charge in [0.15, 0.2) is 0 Å². The molecular weight excluding hydrogens is 396 g/mol. The summed E-state index contributed by atoms with van der Waals surface area (Å²) < 4.78 is 0. The molecule has 0 saturated heterocycles. The molecule has 6 nitrogen and oxygen atoms in total. The average molecular weight is 429 g/mol. The number of rotatable bonds is 13. The summed E-state index contributed by atoms with van der Waals surface area (Å²) >= 11 is 0. The number of carbonyl (C=O) groups is 2. The zero-order valence-electron chi connectivity index (χ0n) is 18.6. The van der Waals surface area contributed by atoms with Gasteiger partial charge >= 0.3 is 11.9 Å². The molecule has 0 amide bonds. The average Bonchev–Trinajstić information content (AvgIpc) is 2.77. The van der Waals surface area contributed by atoms with Crippen molar-refractivity contribution in [2.75, 3.05) is 0 Å². The third-order valence-electron chi connectivity index (χ3n) is 4.76. The maximum atomic E-state index is 12.2. The number of unbranched alkanes of at least 4 members (excludes halogenated alkanes) is 5. The lowest BCUT2D eigenvalue weighted by Gasteiger charge is -2.15. The highest BCUT2D eigenvalue weighted by Crippen LogP contribution is 2.15. The quantitative estimate of drug-likeness (QED) is 0.162. The molecule has 0 spiro atoms. The van der Waals surface area contributed by atoms with Crippen LogP contribution in [-0.4, -0.2) is 18.2 Å². The van der Waals surface area contributed by atoms with Gasteiger partial charge in [-0.1, -0.05) is 74.4 Å². The van der Waals surface area contributed by atoms with E-state index >= 15 is 0 Å². The van der Waals surface area contributed by atoms with E-state index in [1.165, 1.54) is 19.3 Å². The van der Waals surface area contributed by atoms with E-state index < -0.39 is 18.2 Å². The highest BCUT2D eigenvalue weighted by atomic mass is 17.3. The molecule has 2 aromatic carbocycles. The van der Waals surface area contributed by atoms with Crippen molar-refractivity contribution in [3.63, 3.8) is 0 Å². The van der Waals surface area contributed by atoms with E-state index in [0.717, 1.165) is 30.4 Å². The standard InChI is InChI=1S/C25H32O6/c1-4-5-6-7-8-9-16-23(28-30-24(26)21-14-10-12-19(2)17-21)29-31-25(27)22-15-11-13-20(3)18-22/h10-15,17-18,23H,4-9,16H2,1-3H3. The fourth-order valence-corrected chi connectivity index (χ4v) is 3.04. The fourth-order valence-electron chi connectivity index (χ4n) is 3.04. The third kappa shape index (κ3) is 9.32. The molecule has 168 valence electrons. The molecule has 0 radical (unpaired) electrons. The van der Waals surface area contributed by atoms with Crippen LogP contribution in [0.2, 0.25) is 0 Å². The van der Waals surface area contributed by atoms with Gasteiger partial charge in [0.1, 0.15) is 0 Å². The zero-order chi connectivity index (χ0) is 22.5. The predicted molar refractivity (Wildman–Crippen MR) is 117 cm³/mol. The SMILES string of the molecule is CCCCCCCCC(OOC(=O)c1cccc(C)c1)OOC(=O)c1cccc(C)c1. The molecule has 0 atom stereocenters. The Hall–Kier alpha value is -2.70. The lowest BCUT2D eigenvalue weighted by molar-refractivity contribution is -0.421. The molecule has 6 heteroatoms. The highest BCUT2D eigenvalue weighted by molar-refractivity contribution is 5.89. The molecule has 0 fully saturated rings. The van der Waals surface area contributed by atoms with E-state index in [1.807, 2.05) is 26.0 Å². The number of benzene rings is 2. The normalized spacial score (nSPS) is 10.8. The maximum Gasteiger partial charge on any atom is 0.373 e. The first-order valence-electron chi connectivity index (χ1n) is 10.9. The molecule has 31 heavy (non-hydrogen) atoms. The van der Waals surface area contributed by atoms with Crippen LogP contribution in [0.5, 0.6) is 0 Å². The van der Waals surface area contributed by atoms with Gasteiger partial charge in [0.2, 0.25) is 6.29 Å². The van der Waals surface area contributed by atoms with Gasteiger partial charge in [-0.3, -0.25) is 9.78 Å². The van der Waals surface area contributed by atoms with E-state index in [1.54, 1.807) is 36.4 Å². The van der Waals surface area contributed by atoms with Crippen LogP contribution in [-0.2, 0) is 19.6 Å². The molecule has 0 saturated carbocycles. The van der Waals surface area contributed by atoms with E-state index in [9.17, 15) is 9.59 Å². The van der Waals surface area contributed by atoms with Crippen molar-refractivity contribution in [3.8, 4) is 0 Å². The number of hydrogen-bond acceptors (Lipinski definition) is 6. The van der Waals surface area contributed by atoms with Gasteiger partial charge in [0.25, 0.3) is 0 Å².